The molecule has 0 saturated heterocycles. The molecule has 0 fully saturated rings. The number of hydrogen-bond donors (Lipinski definition) is 4. The summed E-state index contributed by atoms with van der Waals surface area (Å²) >= 11 is 1.17. The van der Waals surface area contributed by atoms with Gasteiger partial charge >= 0.3 is 0 Å². The Kier molecular flexibility index (Phi) is 5.24. The highest BCUT2D eigenvalue weighted by Crippen LogP contribution is 2.28. The fourth-order valence-corrected chi connectivity index (χ4v) is 3.18. The molecule has 3 aromatic rings. The Morgan fingerprint density at radius 2 is 1.21 bits per heavy atom. The van der Waals surface area contributed by atoms with E-state index >= 15 is 0 Å². The lowest BCUT2D eigenvalue weighted by Crippen LogP contribution is -2.22. The van der Waals surface area contributed by atoms with Crippen LogP contribution in [0, 0.1) is 0 Å². The van der Waals surface area contributed by atoms with Gasteiger partial charge in [-0.05, 0) is 12.1 Å². The number of amides is 2. The average Bonchev–Trinajstić information content (AvgIpc) is 3.10. The smallest absolute Gasteiger partial charge is 0.293 e. The van der Waals surface area contributed by atoms with Crippen molar-refractivity contribution in [3.8, 4) is 11.5 Å². The lowest BCUT2D eigenvalue weighted by molar-refractivity contribution is 0.101. The Balaban J connectivity index is 1.83. The normalized spacial score (nSPS) is 10.6. The quantitative estimate of drug-likeness (QED) is 0.501. The van der Waals surface area contributed by atoms with Gasteiger partial charge in [0, 0.05) is 37.2 Å². The zero-order chi connectivity index (χ0) is 21.3. The molecule has 0 spiro atoms. The van der Waals surface area contributed by atoms with Crippen molar-refractivity contribution in [3.63, 3.8) is 0 Å². The summed E-state index contributed by atoms with van der Waals surface area (Å²) in [6, 6.07) is 2.57. The number of hydrogen-bond acceptors (Lipinski definition) is 7. The summed E-state index contributed by atoms with van der Waals surface area (Å²) in [5, 5.41) is 27.9. The summed E-state index contributed by atoms with van der Waals surface area (Å²) < 4.78 is 2.25. The second kappa shape index (κ2) is 7.64. The van der Waals surface area contributed by atoms with E-state index in [9.17, 15) is 29.4 Å². The van der Waals surface area contributed by atoms with Gasteiger partial charge in [-0.1, -0.05) is 0 Å². The van der Waals surface area contributed by atoms with Crippen LogP contribution < -0.4 is 21.8 Å². The van der Waals surface area contributed by atoms with Crippen LogP contribution in [0.25, 0.3) is 0 Å². The van der Waals surface area contributed by atoms with Gasteiger partial charge in [0.05, 0.1) is 22.5 Å². The Bertz CT molecular complexity index is 1150. The molecule has 3 heterocycles. The topological polar surface area (TPSA) is 143 Å². The maximum absolute atomic E-state index is 12.4. The van der Waals surface area contributed by atoms with Crippen molar-refractivity contribution in [2.45, 2.75) is 0 Å². The van der Waals surface area contributed by atoms with Crippen LogP contribution in [-0.2, 0) is 14.1 Å². The molecular weight excluding hydrogens is 400 g/mol. The van der Waals surface area contributed by atoms with Crippen LogP contribution in [0.4, 0.5) is 11.4 Å². The minimum atomic E-state index is -0.745. The molecule has 0 unspecified atom stereocenters. The average molecular weight is 416 g/mol. The summed E-state index contributed by atoms with van der Waals surface area (Å²) in [5.41, 5.74) is -1.45. The van der Waals surface area contributed by atoms with E-state index in [1.54, 1.807) is 0 Å². The molecule has 29 heavy (non-hydrogen) atoms. The fraction of sp³-hybridized carbons (Fsp3) is 0.111. The molecule has 0 aromatic carbocycles. The minimum absolute atomic E-state index is 0.219. The Morgan fingerprint density at radius 3 is 1.59 bits per heavy atom. The van der Waals surface area contributed by atoms with Crippen LogP contribution in [0.5, 0.6) is 11.5 Å². The molecule has 4 N–H and O–H groups in total. The van der Waals surface area contributed by atoms with Gasteiger partial charge in [-0.25, -0.2) is 0 Å². The predicted octanol–water partition coefficient (Wildman–Crippen LogP) is 1.06. The number of carbonyl (C=O) groups excluding carboxylic acids is 2. The predicted molar refractivity (Wildman–Crippen MR) is 107 cm³/mol. The molecule has 0 atom stereocenters. The Hall–Kier alpha value is -3.86. The van der Waals surface area contributed by atoms with Crippen molar-refractivity contribution >= 4 is 34.5 Å². The molecule has 3 rings (SSSR count). The van der Waals surface area contributed by atoms with E-state index in [-0.39, 0.29) is 22.5 Å². The summed E-state index contributed by atoms with van der Waals surface area (Å²) in [4.78, 5) is 48.4. The first kappa shape index (κ1) is 19.9. The number of nitrogens with one attached hydrogen (secondary N) is 2. The van der Waals surface area contributed by atoms with E-state index in [1.807, 2.05) is 0 Å². The second-order valence-electron chi connectivity index (χ2n) is 6.10. The first-order chi connectivity index (χ1) is 13.7. The molecule has 0 bridgehead atoms. The van der Waals surface area contributed by atoms with E-state index in [0.29, 0.717) is 0 Å². The summed E-state index contributed by atoms with van der Waals surface area (Å²) in [6.07, 6.45) is 2.68. The van der Waals surface area contributed by atoms with Crippen LogP contribution in [0.15, 0.2) is 44.9 Å². The third-order valence-corrected chi connectivity index (χ3v) is 4.88. The van der Waals surface area contributed by atoms with Gasteiger partial charge in [-0.2, -0.15) is 0 Å². The Labute approximate surface area is 167 Å². The third kappa shape index (κ3) is 3.75. The number of aromatic nitrogens is 2. The molecule has 150 valence electrons. The van der Waals surface area contributed by atoms with Crippen LogP contribution in [-0.4, -0.2) is 31.2 Å². The fourth-order valence-electron chi connectivity index (χ4n) is 2.47. The van der Waals surface area contributed by atoms with Gasteiger partial charge in [0.1, 0.15) is 0 Å². The number of nitrogens with zero attached hydrogens (tertiary/aromatic N) is 2. The van der Waals surface area contributed by atoms with Crippen LogP contribution in [0.1, 0.15) is 20.7 Å². The number of thiophene rings is 1. The van der Waals surface area contributed by atoms with E-state index in [4.69, 9.17) is 0 Å². The second-order valence-corrected chi connectivity index (χ2v) is 6.84. The van der Waals surface area contributed by atoms with Gasteiger partial charge < -0.3 is 30.0 Å². The molecule has 11 heteroatoms. The molecule has 0 aliphatic heterocycles. The zero-order valence-corrected chi connectivity index (χ0v) is 16.1. The first-order valence-corrected chi connectivity index (χ1v) is 9.11. The van der Waals surface area contributed by atoms with E-state index < -0.39 is 34.4 Å². The first-order valence-electron chi connectivity index (χ1n) is 8.16. The van der Waals surface area contributed by atoms with Crippen molar-refractivity contribution < 1.29 is 19.8 Å². The lowest BCUT2D eigenvalue weighted by Gasteiger charge is -2.10. The minimum Gasteiger partial charge on any atom is -0.502 e. The van der Waals surface area contributed by atoms with Crippen molar-refractivity contribution in [3.05, 3.63) is 67.1 Å². The molecule has 10 nitrogen and oxygen atoms in total. The van der Waals surface area contributed by atoms with Gasteiger partial charge in [-0.15, -0.1) is 11.3 Å². The number of aryl methyl sites for hydroxylation is 2. The molecule has 0 aliphatic carbocycles. The van der Waals surface area contributed by atoms with Crippen LogP contribution in [0.2, 0.25) is 0 Å². The van der Waals surface area contributed by atoms with Gasteiger partial charge in [0.25, 0.3) is 22.9 Å². The number of aromatic hydroxyl groups is 2. The van der Waals surface area contributed by atoms with Crippen molar-refractivity contribution in [1.82, 2.24) is 9.13 Å². The monoisotopic (exact) mass is 416 g/mol. The van der Waals surface area contributed by atoms with Crippen LogP contribution >= 0.6 is 11.3 Å². The highest BCUT2D eigenvalue weighted by molar-refractivity contribution is 7.09. The number of pyridine rings is 2. The molecular formula is C18H16N4O6S. The highest BCUT2D eigenvalue weighted by Gasteiger charge is 2.19. The number of rotatable bonds is 4. The van der Waals surface area contributed by atoms with E-state index in [1.165, 1.54) is 60.7 Å². The Morgan fingerprint density at radius 1 is 0.828 bits per heavy atom. The number of carbonyl (C=O) groups is 2. The van der Waals surface area contributed by atoms with Crippen molar-refractivity contribution in [1.29, 1.82) is 0 Å². The zero-order valence-electron chi connectivity index (χ0n) is 15.3. The molecule has 3 aromatic heterocycles. The summed E-state index contributed by atoms with van der Waals surface area (Å²) in [6.45, 7) is 0. The summed E-state index contributed by atoms with van der Waals surface area (Å²) in [7, 11) is 2.87. The molecule has 2 amide bonds. The molecule has 0 aliphatic rings. The lowest BCUT2D eigenvalue weighted by atomic mass is 10.2. The maximum atomic E-state index is 12.4. The van der Waals surface area contributed by atoms with Gasteiger partial charge in [0.15, 0.2) is 11.5 Å². The van der Waals surface area contributed by atoms with Crippen molar-refractivity contribution in [2.24, 2.45) is 14.1 Å². The van der Waals surface area contributed by atoms with Gasteiger partial charge in [0.2, 0.25) is 0 Å². The molecule has 0 radical (unpaired) electrons. The standard InChI is InChI=1S/C18H16N4O6S/c1-21-5-3-9(13(23)17(21)27)15(25)19-11-7-29-8-12(11)20-16(26)10-4-6-22(2)18(28)14(10)24/h3-8,23-24H,1-2H3,(H,19,25)(H,20,26). The third-order valence-electron chi connectivity index (χ3n) is 4.13. The SMILES string of the molecule is Cn1ccc(C(=O)Nc2cscc2NC(=O)c2ccn(C)c(=O)c2O)c(O)c1=O. The van der Waals surface area contributed by atoms with Gasteiger partial charge in [-0.3, -0.25) is 19.2 Å². The van der Waals surface area contributed by atoms with E-state index in [0.717, 1.165) is 9.13 Å². The number of anilines is 2. The maximum Gasteiger partial charge on any atom is 0.293 e. The summed E-state index contributed by atoms with van der Waals surface area (Å²) in [5.74, 6) is -2.88. The van der Waals surface area contributed by atoms with Crippen molar-refractivity contribution in [2.75, 3.05) is 10.6 Å². The van der Waals surface area contributed by atoms with E-state index in [2.05, 4.69) is 10.6 Å². The molecule has 0 saturated carbocycles. The van der Waals surface area contributed by atoms with Crippen LogP contribution in [0.3, 0.4) is 0 Å². The highest BCUT2D eigenvalue weighted by atomic mass is 32.1. The largest absolute Gasteiger partial charge is 0.502 e.